The van der Waals surface area contributed by atoms with Gasteiger partial charge in [0.15, 0.2) is 0 Å². The summed E-state index contributed by atoms with van der Waals surface area (Å²) in [5.41, 5.74) is 1.13. The van der Waals surface area contributed by atoms with Crippen LogP contribution in [0.25, 0.3) is 0 Å². The number of nitriles is 1. The molecule has 0 atom stereocenters. The number of amides is 1. The fourth-order valence-electron chi connectivity index (χ4n) is 1.79. The van der Waals surface area contributed by atoms with E-state index in [4.69, 9.17) is 14.7 Å². The van der Waals surface area contributed by atoms with Gasteiger partial charge in [-0.3, -0.25) is 4.79 Å². The van der Waals surface area contributed by atoms with Crippen molar-refractivity contribution in [2.24, 2.45) is 0 Å². The van der Waals surface area contributed by atoms with Crippen LogP contribution >= 0.6 is 0 Å². The number of rotatable bonds is 8. The molecule has 0 N–H and O–H groups in total. The first-order chi connectivity index (χ1) is 9.72. The molecule has 1 rings (SSSR count). The molecule has 0 radical (unpaired) electrons. The van der Waals surface area contributed by atoms with Gasteiger partial charge in [-0.25, -0.2) is 0 Å². The highest BCUT2D eigenvalue weighted by Crippen LogP contribution is 2.08. The average molecular weight is 276 g/mol. The van der Waals surface area contributed by atoms with Crippen molar-refractivity contribution in [1.29, 1.82) is 5.26 Å². The minimum Gasteiger partial charge on any atom is -0.385 e. The number of hydrogen-bond acceptors (Lipinski definition) is 4. The Kier molecular flexibility index (Phi) is 7.33. The summed E-state index contributed by atoms with van der Waals surface area (Å²) in [6, 6.07) is 8.69. The second-order valence-electron chi connectivity index (χ2n) is 4.32. The standard InChI is InChI=1S/C15H20N2O3/c1-19-10-3-8-17(9-11-20-2)15(18)14-6-4-13(12-16)5-7-14/h4-7H,3,8-11H2,1-2H3. The summed E-state index contributed by atoms with van der Waals surface area (Å²) in [5.74, 6) is -0.0531. The molecule has 0 saturated carbocycles. The van der Waals surface area contributed by atoms with Gasteiger partial charge in [0, 0.05) is 39.5 Å². The predicted octanol–water partition coefficient (Wildman–Crippen LogP) is 1.68. The van der Waals surface area contributed by atoms with Crippen LogP contribution < -0.4 is 0 Å². The third kappa shape index (κ3) is 5.00. The van der Waals surface area contributed by atoms with Crippen molar-refractivity contribution in [1.82, 2.24) is 4.90 Å². The lowest BCUT2D eigenvalue weighted by molar-refractivity contribution is 0.0674. The van der Waals surface area contributed by atoms with Crippen LogP contribution in [-0.2, 0) is 9.47 Å². The summed E-state index contributed by atoms with van der Waals surface area (Å²) in [6.45, 7) is 2.27. The number of methoxy groups -OCH3 is 2. The van der Waals surface area contributed by atoms with Crippen molar-refractivity contribution in [2.45, 2.75) is 6.42 Å². The van der Waals surface area contributed by atoms with E-state index in [1.165, 1.54) is 0 Å². The third-order valence-corrected chi connectivity index (χ3v) is 2.89. The Labute approximate surface area is 119 Å². The molecule has 1 amide bonds. The fourth-order valence-corrected chi connectivity index (χ4v) is 1.79. The molecule has 0 saturated heterocycles. The Balaban J connectivity index is 2.71. The molecular formula is C15H20N2O3. The molecule has 5 heteroatoms. The summed E-state index contributed by atoms with van der Waals surface area (Å²) >= 11 is 0. The number of nitrogens with zero attached hydrogens (tertiary/aromatic N) is 2. The topological polar surface area (TPSA) is 62.6 Å². The highest BCUT2D eigenvalue weighted by Gasteiger charge is 2.15. The minimum absolute atomic E-state index is 0.0531. The molecule has 0 spiro atoms. The summed E-state index contributed by atoms with van der Waals surface area (Å²) < 4.78 is 10.0. The number of ether oxygens (including phenoxy) is 2. The van der Waals surface area contributed by atoms with Gasteiger partial charge in [0.1, 0.15) is 0 Å². The first kappa shape index (κ1) is 16.2. The Hall–Kier alpha value is -1.90. The predicted molar refractivity (Wildman–Crippen MR) is 75.4 cm³/mol. The molecule has 20 heavy (non-hydrogen) atoms. The van der Waals surface area contributed by atoms with Gasteiger partial charge in [-0.05, 0) is 30.7 Å². The van der Waals surface area contributed by atoms with Crippen LogP contribution in [0.15, 0.2) is 24.3 Å². The molecule has 108 valence electrons. The normalized spacial score (nSPS) is 10.1. The molecule has 0 bridgehead atoms. The summed E-state index contributed by atoms with van der Waals surface area (Å²) in [7, 11) is 3.25. The molecule has 1 aromatic carbocycles. The van der Waals surface area contributed by atoms with E-state index in [1.54, 1.807) is 43.4 Å². The minimum atomic E-state index is -0.0531. The Morgan fingerprint density at radius 3 is 2.35 bits per heavy atom. The Bertz CT molecular complexity index is 451. The maximum absolute atomic E-state index is 12.4. The fraction of sp³-hybridized carbons (Fsp3) is 0.467. The molecule has 0 aliphatic rings. The van der Waals surface area contributed by atoms with Gasteiger partial charge < -0.3 is 14.4 Å². The SMILES string of the molecule is COCCCN(CCOC)C(=O)c1ccc(C#N)cc1. The first-order valence-corrected chi connectivity index (χ1v) is 6.50. The maximum atomic E-state index is 12.4. The van der Waals surface area contributed by atoms with Crippen LogP contribution in [0.4, 0.5) is 0 Å². The Morgan fingerprint density at radius 1 is 1.15 bits per heavy atom. The third-order valence-electron chi connectivity index (χ3n) is 2.89. The monoisotopic (exact) mass is 276 g/mol. The van der Waals surface area contributed by atoms with Crippen LogP contribution in [0.2, 0.25) is 0 Å². The van der Waals surface area contributed by atoms with Gasteiger partial charge in [-0.2, -0.15) is 5.26 Å². The van der Waals surface area contributed by atoms with Gasteiger partial charge in [0.05, 0.1) is 18.2 Å². The maximum Gasteiger partial charge on any atom is 0.253 e. The largest absolute Gasteiger partial charge is 0.385 e. The summed E-state index contributed by atoms with van der Waals surface area (Å²) in [5, 5.41) is 8.76. The quantitative estimate of drug-likeness (QED) is 0.678. The smallest absolute Gasteiger partial charge is 0.253 e. The number of hydrogen-bond donors (Lipinski definition) is 0. The van der Waals surface area contributed by atoms with Crippen LogP contribution in [0.5, 0.6) is 0 Å². The van der Waals surface area contributed by atoms with Crippen molar-refractivity contribution < 1.29 is 14.3 Å². The molecule has 5 nitrogen and oxygen atoms in total. The van der Waals surface area contributed by atoms with E-state index >= 15 is 0 Å². The molecule has 0 aliphatic carbocycles. The molecule has 0 aromatic heterocycles. The molecule has 0 aliphatic heterocycles. The lowest BCUT2D eigenvalue weighted by atomic mass is 10.1. The average Bonchev–Trinajstić information content (AvgIpc) is 2.50. The second-order valence-corrected chi connectivity index (χ2v) is 4.32. The van der Waals surface area contributed by atoms with E-state index in [1.807, 2.05) is 6.07 Å². The van der Waals surface area contributed by atoms with Gasteiger partial charge in [0.25, 0.3) is 5.91 Å². The van der Waals surface area contributed by atoms with E-state index in [-0.39, 0.29) is 5.91 Å². The van der Waals surface area contributed by atoms with Crippen LogP contribution in [0.1, 0.15) is 22.3 Å². The lowest BCUT2D eigenvalue weighted by Gasteiger charge is -2.22. The van der Waals surface area contributed by atoms with E-state index in [2.05, 4.69) is 0 Å². The van der Waals surface area contributed by atoms with Gasteiger partial charge in [-0.15, -0.1) is 0 Å². The van der Waals surface area contributed by atoms with Crippen molar-refractivity contribution in [3.05, 3.63) is 35.4 Å². The zero-order chi connectivity index (χ0) is 14.8. The highest BCUT2D eigenvalue weighted by atomic mass is 16.5. The van der Waals surface area contributed by atoms with Gasteiger partial charge in [0.2, 0.25) is 0 Å². The van der Waals surface area contributed by atoms with Crippen molar-refractivity contribution in [2.75, 3.05) is 40.5 Å². The molecule has 0 fully saturated rings. The van der Waals surface area contributed by atoms with Crippen molar-refractivity contribution in [3.63, 3.8) is 0 Å². The van der Waals surface area contributed by atoms with Gasteiger partial charge >= 0.3 is 0 Å². The lowest BCUT2D eigenvalue weighted by Crippen LogP contribution is -2.35. The summed E-state index contributed by atoms with van der Waals surface area (Å²) in [6.07, 6.45) is 0.780. The highest BCUT2D eigenvalue weighted by molar-refractivity contribution is 5.94. The first-order valence-electron chi connectivity index (χ1n) is 6.50. The summed E-state index contributed by atoms with van der Waals surface area (Å²) in [4.78, 5) is 14.1. The zero-order valence-electron chi connectivity index (χ0n) is 12.0. The molecule has 1 aromatic rings. The number of benzene rings is 1. The molecule has 0 unspecified atom stereocenters. The second kappa shape index (κ2) is 9.08. The van der Waals surface area contributed by atoms with Crippen molar-refractivity contribution in [3.8, 4) is 6.07 Å². The Morgan fingerprint density at radius 2 is 1.80 bits per heavy atom. The van der Waals surface area contributed by atoms with Crippen LogP contribution in [0.3, 0.4) is 0 Å². The number of carbonyl (C=O) groups is 1. The molecular weight excluding hydrogens is 256 g/mol. The van der Waals surface area contributed by atoms with Gasteiger partial charge in [-0.1, -0.05) is 0 Å². The van der Waals surface area contributed by atoms with E-state index in [0.717, 1.165) is 6.42 Å². The number of carbonyl (C=O) groups excluding carboxylic acids is 1. The van der Waals surface area contributed by atoms with E-state index in [9.17, 15) is 4.79 Å². The van der Waals surface area contributed by atoms with Crippen LogP contribution in [-0.4, -0.2) is 51.3 Å². The van der Waals surface area contributed by atoms with E-state index < -0.39 is 0 Å². The van der Waals surface area contributed by atoms with Crippen LogP contribution in [0, 0.1) is 11.3 Å². The van der Waals surface area contributed by atoms with E-state index in [0.29, 0.717) is 37.4 Å². The zero-order valence-corrected chi connectivity index (χ0v) is 12.0. The molecule has 0 heterocycles. The van der Waals surface area contributed by atoms with Crippen molar-refractivity contribution >= 4 is 5.91 Å².